The largest absolute Gasteiger partial charge is 0.489 e. The number of carbonyl (C=O) groups is 1. The first kappa shape index (κ1) is 23.5. The van der Waals surface area contributed by atoms with Crippen molar-refractivity contribution < 1.29 is 27.4 Å². The number of pyridine rings is 1. The van der Waals surface area contributed by atoms with Gasteiger partial charge in [-0.1, -0.05) is 13.0 Å². The number of ether oxygens (including phenoxy) is 2. The van der Waals surface area contributed by atoms with Crippen molar-refractivity contribution in [3.05, 3.63) is 59.9 Å². The van der Waals surface area contributed by atoms with Crippen LogP contribution in [0.15, 0.2) is 48.8 Å². The fourth-order valence-electron chi connectivity index (χ4n) is 4.89. The molecule has 4 rings (SSSR count). The lowest BCUT2D eigenvalue weighted by Crippen LogP contribution is -2.61. The quantitative estimate of drug-likeness (QED) is 0.706. The van der Waals surface area contributed by atoms with Gasteiger partial charge in [0.25, 0.3) is 0 Å². The minimum atomic E-state index is -4.43. The molecule has 0 bridgehead atoms. The molecular formula is C24H28F3N3O3. The molecule has 1 amide bonds. The number of alkyl halides is 3. The van der Waals surface area contributed by atoms with Crippen molar-refractivity contribution in [2.75, 3.05) is 19.7 Å². The molecule has 6 nitrogen and oxygen atoms in total. The Morgan fingerprint density at radius 1 is 1.30 bits per heavy atom. The number of nitrogens with zero attached hydrogens (tertiary/aromatic N) is 2. The zero-order valence-corrected chi connectivity index (χ0v) is 18.4. The molecule has 2 aliphatic heterocycles. The molecule has 2 aromatic rings. The molecule has 2 aliphatic rings. The molecule has 0 saturated carbocycles. The molecule has 0 aliphatic carbocycles. The molecule has 2 fully saturated rings. The van der Waals surface area contributed by atoms with Crippen LogP contribution >= 0.6 is 0 Å². The number of benzene rings is 1. The van der Waals surface area contributed by atoms with E-state index in [-0.39, 0.29) is 23.9 Å². The van der Waals surface area contributed by atoms with E-state index >= 15 is 0 Å². The third kappa shape index (κ3) is 4.99. The molecule has 33 heavy (non-hydrogen) atoms. The van der Waals surface area contributed by atoms with Gasteiger partial charge in [0.15, 0.2) is 0 Å². The summed E-state index contributed by atoms with van der Waals surface area (Å²) in [5.41, 5.74) is 5.38. The number of primary amides is 1. The van der Waals surface area contributed by atoms with E-state index in [4.69, 9.17) is 15.2 Å². The summed E-state index contributed by atoms with van der Waals surface area (Å²) < 4.78 is 51.0. The highest BCUT2D eigenvalue weighted by molar-refractivity contribution is 5.85. The Labute approximate surface area is 190 Å². The van der Waals surface area contributed by atoms with Crippen LogP contribution in [0.4, 0.5) is 13.2 Å². The second-order valence-electron chi connectivity index (χ2n) is 8.83. The fourth-order valence-corrected chi connectivity index (χ4v) is 4.89. The van der Waals surface area contributed by atoms with Gasteiger partial charge in [-0.15, -0.1) is 0 Å². The van der Waals surface area contributed by atoms with E-state index < -0.39 is 23.2 Å². The fraction of sp³-hybridized carbons (Fsp3) is 0.500. The van der Waals surface area contributed by atoms with Gasteiger partial charge in [-0.05, 0) is 48.7 Å². The van der Waals surface area contributed by atoms with E-state index in [0.717, 1.165) is 17.7 Å². The summed E-state index contributed by atoms with van der Waals surface area (Å²) >= 11 is 0. The van der Waals surface area contributed by atoms with Gasteiger partial charge in [0.05, 0.1) is 11.7 Å². The van der Waals surface area contributed by atoms with Crippen LogP contribution in [-0.2, 0) is 15.7 Å². The van der Waals surface area contributed by atoms with Crippen LogP contribution in [0, 0.1) is 0 Å². The van der Waals surface area contributed by atoms with Gasteiger partial charge in [0.1, 0.15) is 17.4 Å². The Hall–Kier alpha value is -2.65. The molecule has 9 heteroatoms. The van der Waals surface area contributed by atoms with Gasteiger partial charge >= 0.3 is 6.18 Å². The van der Waals surface area contributed by atoms with Crippen LogP contribution in [0.3, 0.4) is 0 Å². The van der Waals surface area contributed by atoms with Crippen molar-refractivity contribution >= 4 is 5.91 Å². The Morgan fingerprint density at radius 3 is 2.76 bits per heavy atom. The van der Waals surface area contributed by atoms with Crippen LogP contribution in [0.2, 0.25) is 0 Å². The Kier molecular flexibility index (Phi) is 6.63. The maximum absolute atomic E-state index is 13.0. The highest BCUT2D eigenvalue weighted by atomic mass is 19.4. The van der Waals surface area contributed by atoms with E-state index in [9.17, 15) is 18.0 Å². The average molecular weight is 464 g/mol. The van der Waals surface area contributed by atoms with Crippen LogP contribution in [0.1, 0.15) is 43.2 Å². The molecular weight excluding hydrogens is 435 g/mol. The van der Waals surface area contributed by atoms with Crippen molar-refractivity contribution in [1.29, 1.82) is 0 Å². The molecule has 2 N–H and O–H groups in total. The highest BCUT2D eigenvalue weighted by Crippen LogP contribution is 2.39. The molecule has 2 unspecified atom stereocenters. The minimum Gasteiger partial charge on any atom is -0.489 e. The molecule has 4 atom stereocenters. The maximum Gasteiger partial charge on any atom is 0.416 e. The Balaban J connectivity index is 1.47. The monoisotopic (exact) mass is 463 g/mol. The second kappa shape index (κ2) is 9.30. The molecule has 0 radical (unpaired) electrons. The molecule has 1 aromatic heterocycles. The number of hydrogen-bond acceptors (Lipinski definition) is 5. The van der Waals surface area contributed by atoms with Crippen molar-refractivity contribution in [1.82, 2.24) is 9.88 Å². The third-order valence-electron chi connectivity index (χ3n) is 6.85. The van der Waals surface area contributed by atoms with Crippen molar-refractivity contribution in [2.24, 2.45) is 5.73 Å². The number of amides is 1. The molecule has 0 spiro atoms. The average Bonchev–Trinajstić information content (AvgIpc) is 3.27. The van der Waals surface area contributed by atoms with Crippen LogP contribution in [-0.4, -0.2) is 53.2 Å². The summed E-state index contributed by atoms with van der Waals surface area (Å²) in [6.45, 7) is 3.44. The summed E-state index contributed by atoms with van der Waals surface area (Å²) in [5.74, 6) is -0.190. The van der Waals surface area contributed by atoms with Gasteiger partial charge in [-0.2, -0.15) is 13.2 Å². The molecule has 3 heterocycles. The lowest BCUT2D eigenvalue weighted by molar-refractivity contribution is -0.142. The first-order valence-corrected chi connectivity index (χ1v) is 11.1. The van der Waals surface area contributed by atoms with Crippen molar-refractivity contribution in [3.8, 4) is 5.75 Å². The standard InChI is InChI=1S/C24H28F3N3O3/c1-16(17-5-9-29-10-6-17)21-14-23(22(28)31,8-12-32-21)30-11-7-20(15-30)33-19-4-2-3-18(13-19)24(25,26)27/h2-6,9-10,13,16,20-21H,7-8,11-12,14-15H2,1H3,(H2,28,31)/t16-,20+,21?,23?/m0/s1. The van der Waals surface area contributed by atoms with Gasteiger partial charge < -0.3 is 15.2 Å². The topological polar surface area (TPSA) is 77.7 Å². The van der Waals surface area contributed by atoms with Gasteiger partial charge in [0.2, 0.25) is 5.91 Å². The predicted molar refractivity (Wildman–Crippen MR) is 116 cm³/mol. The van der Waals surface area contributed by atoms with Gasteiger partial charge in [-0.3, -0.25) is 14.7 Å². The lowest BCUT2D eigenvalue weighted by Gasteiger charge is -2.46. The second-order valence-corrected chi connectivity index (χ2v) is 8.83. The number of halogens is 3. The lowest BCUT2D eigenvalue weighted by atomic mass is 9.79. The Bertz CT molecular complexity index is 972. The van der Waals surface area contributed by atoms with Crippen LogP contribution < -0.4 is 10.5 Å². The Morgan fingerprint density at radius 2 is 2.06 bits per heavy atom. The summed E-state index contributed by atoms with van der Waals surface area (Å²) in [5, 5.41) is 0. The van der Waals surface area contributed by atoms with Crippen molar-refractivity contribution in [3.63, 3.8) is 0 Å². The minimum absolute atomic E-state index is 0.0479. The number of aromatic nitrogens is 1. The zero-order valence-electron chi connectivity index (χ0n) is 18.4. The van der Waals surface area contributed by atoms with Crippen molar-refractivity contribution in [2.45, 2.75) is 56.0 Å². The molecule has 178 valence electrons. The number of nitrogens with two attached hydrogens (primary N) is 1. The summed E-state index contributed by atoms with van der Waals surface area (Å²) in [7, 11) is 0. The SMILES string of the molecule is C[C@@H](c1ccncc1)C1CC(C(N)=O)(N2CC[C@@H](Oc3cccc(C(F)(F)F)c3)C2)CCO1. The molecule has 2 saturated heterocycles. The van der Waals surface area contributed by atoms with Crippen LogP contribution in [0.25, 0.3) is 0 Å². The first-order valence-electron chi connectivity index (χ1n) is 11.1. The highest BCUT2D eigenvalue weighted by Gasteiger charge is 2.50. The normalized spacial score (nSPS) is 27.3. The summed E-state index contributed by atoms with van der Waals surface area (Å²) in [4.78, 5) is 18.8. The summed E-state index contributed by atoms with van der Waals surface area (Å²) in [6.07, 6.45) is 0.00967. The van der Waals surface area contributed by atoms with E-state index in [1.165, 1.54) is 12.1 Å². The van der Waals surface area contributed by atoms with E-state index in [0.29, 0.717) is 39.0 Å². The first-order chi connectivity index (χ1) is 15.7. The zero-order chi connectivity index (χ0) is 23.6. The molecule has 1 aromatic carbocycles. The smallest absolute Gasteiger partial charge is 0.416 e. The van der Waals surface area contributed by atoms with Crippen LogP contribution in [0.5, 0.6) is 5.75 Å². The van der Waals surface area contributed by atoms with Gasteiger partial charge in [0, 0.05) is 44.4 Å². The maximum atomic E-state index is 13.0. The predicted octanol–water partition coefficient (Wildman–Crippen LogP) is 3.76. The summed E-state index contributed by atoms with van der Waals surface area (Å²) in [6, 6.07) is 8.74. The number of rotatable bonds is 6. The van der Waals surface area contributed by atoms with Gasteiger partial charge in [-0.25, -0.2) is 0 Å². The number of carbonyl (C=O) groups excluding carboxylic acids is 1. The van der Waals surface area contributed by atoms with E-state index in [1.54, 1.807) is 12.4 Å². The van der Waals surface area contributed by atoms with E-state index in [1.807, 2.05) is 17.0 Å². The number of likely N-dealkylation sites (tertiary alicyclic amines) is 1. The number of hydrogen-bond donors (Lipinski definition) is 1. The van der Waals surface area contributed by atoms with E-state index in [2.05, 4.69) is 11.9 Å². The third-order valence-corrected chi connectivity index (χ3v) is 6.85.